The summed E-state index contributed by atoms with van der Waals surface area (Å²) in [5.74, 6) is -2.32. The van der Waals surface area contributed by atoms with Gasteiger partial charge in [-0.15, -0.1) is 0 Å². The maximum atomic E-state index is 14.3. The molecule has 3 aliphatic rings. The van der Waals surface area contributed by atoms with Crippen LogP contribution in [0.5, 0.6) is 0 Å². The van der Waals surface area contributed by atoms with Crippen LogP contribution in [0.1, 0.15) is 131 Å². The molecule has 0 saturated carbocycles. The van der Waals surface area contributed by atoms with E-state index in [1.807, 2.05) is 39.0 Å². The number of hydrogen-bond acceptors (Lipinski definition) is 9. The van der Waals surface area contributed by atoms with Crippen molar-refractivity contribution < 1.29 is 49.4 Å². The third kappa shape index (κ3) is 8.63. The van der Waals surface area contributed by atoms with E-state index in [2.05, 4.69) is 39.3 Å². The molecule has 296 valence electrons. The molecule has 0 radical (unpaired) electrons. The number of aromatic nitrogens is 4. The third-order valence-corrected chi connectivity index (χ3v) is 11.6. The second-order valence-electron chi connectivity index (χ2n) is 14.9. The number of fused-ring (bicyclic) bond motifs is 8. The first kappa shape index (κ1) is 41.9. The molecule has 0 unspecified atom stereocenters. The minimum absolute atomic E-state index is 0. The molecule has 3 aromatic heterocycles. The van der Waals surface area contributed by atoms with E-state index in [4.69, 9.17) is 14.7 Å². The van der Waals surface area contributed by atoms with E-state index in [1.54, 1.807) is 6.92 Å². The number of ether oxygens (including phenoxy) is 1. The SMILES string of the molecule is CC[C@H]1c2cc3[nH]c(c(CC(=O)OC)c4nc(cc5[nH]c(cc(n2)[C@@H]1C)c(C(C)=O)c5C)[C@@H](C)[C@@H]4CCC(=O)O)c(C(=O)NCCN1CCNCC1)c3C.[Pd+2]. The zero-order valence-electron chi connectivity index (χ0n) is 32.8. The number of hydrogen-bond donors (Lipinski definition) is 5. The van der Waals surface area contributed by atoms with Crippen LogP contribution in [-0.2, 0) is 41.2 Å². The molecular weight excluding hydrogens is 793 g/mol. The van der Waals surface area contributed by atoms with Crippen LogP contribution in [0.15, 0.2) is 18.2 Å². The molecule has 1 fully saturated rings. The van der Waals surface area contributed by atoms with Crippen LogP contribution in [0.2, 0.25) is 0 Å². The molecule has 8 bridgehead atoms. The number of nitrogens with one attached hydrogen (secondary N) is 4. The molecule has 1 amide bonds. The van der Waals surface area contributed by atoms with Gasteiger partial charge in [-0.25, -0.2) is 0 Å². The second-order valence-corrected chi connectivity index (χ2v) is 14.9. The van der Waals surface area contributed by atoms with Crippen molar-refractivity contribution in [3.05, 3.63) is 68.8 Å². The van der Waals surface area contributed by atoms with Gasteiger partial charge in [-0.1, -0.05) is 20.8 Å². The topological polar surface area (TPSA) is 182 Å². The number of aliphatic carboxylic acids is 1. The van der Waals surface area contributed by atoms with Crippen LogP contribution in [0.4, 0.5) is 0 Å². The van der Waals surface area contributed by atoms with Gasteiger partial charge in [0, 0.05) is 109 Å². The van der Waals surface area contributed by atoms with E-state index in [1.165, 1.54) is 7.11 Å². The molecule has 3 aliphatic heterocycles. The van der Waals surface area contributed by atoms with E-state index in [9.17, 15) is 24.3 Å². The fraction of sp³-hybridized carbons (Fsp3) is 0.512. The number of aryl methyl sites for hydroxylation is 2. The Morgan fingerprint density at radius 1 is 0.909 bits per heavy atom. The zero-order valence-corrected chi connectivity index (χ0v) is 34.3. The molecule has 5 N–H and O–H groups in total. The number of aromatic amines is 2. The molecule has 0 aliphatic carbocycles. The van der Waals surface area contributed by atoms with Crippen LogP contribution in [0, 0.1) is 13.8 Å². The number of nitrogens with zero attached hydrogens (tertiary/aromatic N) is 3. The number of carboxylic acid groups (broad SMARTS) is 1. The van der Waals surface area contributed by atoms with Gasteiger partial charge in [0.2, 0.25) is 0 Å². The van der Waals surface area contributed by atoms with Gasteiger partial charge in [0.1, 0.15) is 0 Å². The summed E-state index contributed by atoms with van der Waals surface area (Å²) in [5, 5.41) is 16.3. The van der Waals surface area contributed by atoms with Crippen molar-refractivity contribution in [3.63, 3.8) is 0 Å². The summed E-state index contributed by atoms with van der Waals surface area (Å²) in [7, 11) is 1.32. The fourth-order valence-electron chi connectivity index (χ4n) is 8.48. The molecule has 14 heteroatoms. The molecule has 0 spiro atoms. The monoisotopic (exact) mass is 845 g/mol. The van der Waals surface area contributed by atoms with Gasteiger partial charge < -0.3 is 30.4 Å². The van der Waals surface area contributed by atoms with Crippen molar-refractivity contribution in [1.82, 2.24) is 35.5 Å². The Morgan fingerprint density at radius 2 is 1.53 bits per heavy atom. The molecule has 0 aromatic carbocycles. The van der Waals surface area contributed by atoms with Gasteiger partial charge in [-0.2, -0.15) is 0 Å². The maximum absolute atomic E-state index is 14.3. The summed E-state index contributed by atoms with van der Waals surface area (Å²) in [6.45, 7) is 16.4. The zero-order chi connectivity index (χ0) is 38.8. The van der Waals surface area contributed by atoms with E-state index in [0.717, 1.165) is 49.6 Å². The number of carbonyl (C=O) groups excluding carboxylic acids is 3. The van der Waals surface area contributed by atoms with Crippen molar-refractivity contribution in [2.24, 2.45) is 0 Å². The van der Waals surface area contributed by atoms with Crippen molar-refractivity contribution >= 4 is 45.7 Å². The number of amides is 1. The molecular formula is C41H53N7O6Pd+2. The van der Waals surface area contributed by atoms with Gasteiger partial charge >= 0.3 is 32.4 Å². The normalized spacial score (nSPS) is 19.8. The Kier molecular flexibility index (Phi) is 13.5. The molecule has 6 heterocycles. The van der Waals surface area contributed by atoms with Crippen LogP contribution >= 0.6 is 0 Å². The van der Waals surface area contributed by atoms with Crippen LogP contribution in [0.3, 0.4) is 0 Å². The van der Waals surface area contributed by atoms with E-state index >= 15 is 0 Å². The number of carbonyl (C=O) groups is 4. The Balaban J connectivity index is 0.00000580. The smallest absolute Gasteiger partial charge is 0.481 e. The van der Waals surface area contributed by atoms with E-state index in [-0.39, 0.29) is 69.1 Å². The number of methoxy groups -OCH3 is 1. The first-order valence-corrected chi connectivity index (χ1v) is 19.1. The summed E-state index contributed by atoms with van der Waals surface area (Å²) in [4.78, 5) is 72.3. The fourth-order valence-corrected chi connectivity index (χ4v) is 8.48. The molecule has 13 nitrogen and oxygen atoms in total. The average Bonchev–Trinajstić information content (AvgIpc) is 3.82. The van der Waals surface area contributed by atoms with Gasteiger partial charge in [0.15, 0.2) is 5.78 Å². The number of ketones is 1. The van der Waals surface area contributed by atoms with Crippen molar-refractivity contribution in [1.29, 1.82) is 0 Å². The second kappa shape index (κ2) is 17.7. The van der Waals surface area contributed by atoms with Gasteiger partial charge in [0.25, 0.3) is 5.91 Å². The largest absolute Gasteiger partial charge is 2.00 e. The summed E-state index contributed by atoms with van der Waals surface area (Å²) in [6.07, 6.45) is 0.774. The molecule has 6 rings (SSSR count). The predicted octanol–water partition coefficient (Wildman–Crippen LogP) is 5.53. The minimum Gasteiger partial charge on any atom is -0.481 e. The number of Topliss-reactive ketones (excluding diaryl/α,β-unsaturated/α-hetero) is 1. The number of rotatable bonds is 11. The van der Waals surface area contributed by atoms with Gasteiger partial charge in [-0.3, -0.25) is 34.0 Å². The van der Waals surface area contributed by atoms with Gasteiger partial charge in [-0.05, 0) is 62.9 Å². The Bertz CT molecular complexity index is 2140. The molecule has 4 atom stereocenters. The van der Waals surface area contributed by atoms with Gasteiger partial charge in [0.05, 0.1) is 35.8 Å². The van der Waals surface area contributed by atoms with Crippen molar-refractivity contribution in [2.45, 2.75) is 90.9 Å². The molecule has 1 saturated heterocycles. The third-order valence-electron chi connectivity index (χ3n) is 11.6. The van der Waals surface area contributed by atoms with E-state index in [0.29, 0.717) is 68.8 Å². The number of carboxylic acids is 1. The van der Waals surface area contributed by atoms with E-state index < -0.39 is 17.9 Å². The maximum Gasteiger partial charge on any atom is 2.00 e. The summed E-state index contributed by atoms with van der Waals surface area (Å²) >= 11 is 0. The number of esters is 1. The van der Waals surface area contributed by atoms with Crippen molar-refractivity contribution in [3.8, 4) is 0 Å². The first-order chi connectivity index (χ1) is 25.8. The minimum atomic E-state index is -0.941. The molecule has 55 heavy (non-hydrogen) atoms. The van der Waals surface area contributed by atoms with Crippen LogP contribution in [0.25, 0.3) is 22.1 Å². The quantitative estimate of drug-likeness (QED) is 0.0935. The summed E-state index contributed by atoms with van der Waals surface area (Å²) in [6, 6.07) is 5.88. The van der Waals surface area contributed by atoms with Crippen LogP contribution < -0.4 is 10.6 Å². The van der Waals surface area contributed by atoms with Crippen LogP contribution in [-0.4, -0.2) is 99.9 Å². The predicted molar refractivity (Wildman–Crippen MR) is 207 cm³/mol. The first-order valence-electron chi connectivity index (χ1n) is 19.1. The number of H-pyrrole nitrogens is 2. The Hall–Kier alpha value is -4.22. The average molecular weight is 846 g/mol. The summed E-state index contributed by atoms with van der Waals surface area (Å²) in [5.41, 5.74) is 8.38. The van der Waals surface area contributed by atoms with Crippen molar-refractivity contribution in [2.75, 3.05) is 46.4 Å². The Labute approximate surface area is 335 Å². The standard InChI is InChI=1S/C41H53N7O6.Pd/c1-8-26-21(2)29-20-34-37(25(6)49)23(4)31(45-34)18-30-22(3)27(9-10-35(50)51)39(46-30)28(17-36(52)54-7)40-38(24(5)32(47-40)19-33(26)44-29)41(53)43-13-16-48-14-11-42-12-15-48;/h18-22,26-27,42,45,47H,8-17H2,1-7H3,(H,43,53)(H,50,51);/q;+2/t21-,22+,26-,27+;/m1./s1. The Morgan fingerprint density at radius 3 is 2.18 bits per heavy atom. The number of piperazine rings is 1. The summed E-state index contributed by atoms with van der Waals surface area (Å²) < 4.78 is 5.20. The molecule has 3 aromatic rings.